The summed E-state index contributed by atoms with van der Waals surface area (Å²) in [5.74, 6) is 0. The Morgan fingerprint density at radius 3 is 1.50 bits per heavy atom. The first-order chi connectivity index (χ1) is 7.36. The average Bonchev–Trinajstić information content (AvgIpc) is 2.23. The van der Waals surface area contributed by atoms with Crippen LogP contribution in [0, 0.1) is 34.6 Å². The van der Waals surface area contributed by atoms with E-state index in [0.717, 1.165) is 6.54 Å². The molecule has 0 unspecified atom stereocenters. The van der Waals surface area contributed by atoms with Crippen LogP contribution in [-0.2, 0) is 6.54 Å². The zero-order chi connectivity index (χ0) is 12.5. The lowest BCUT2D eigenvalue weighted by molar-refractivity contribution is 0.585. The molecule has 0 bridgehead atoms. The van der Waals surface area contributed by atoms with Crippen molar-refractivity contribution in [1.82, 2.24) is 5.32 Å². The summed E-state index contributed by atoms with van der Waals surface area (Å²) < 4.78 is 0. The number of nitrogens with one attached hydrogen (secondary N) is 1. The highest BCUT2D eigenvalue weighted by molar-refractivity contribution is 5.49. The van der Waals surface area contributed by atoms with Gasteiger partial charge in [-0.2, -0.15) is 0 Å². The first-order valence-corrected chi connectivity index (χ1v) is 6.15. The van der Waals surface area contributed by atoms with E-state index in [1.54, 1.807) is 0 Å². The molecule has 0 saturated carbocycles. The van der Waals surface area contributed by atoms with Crippen LogP contribution in [0.3, 0.4) is 0 Å². The highest BCUT2D eigenvalue weighted by Gasteiger charge is 2.11. The summed E-state index contributed by atoms with van der Waals surface area (Å²) >= 11 is 0. The minimum atomic E-state index is 0.542. The summed E-state index contributed by atoms with van der Waals surface area (Å²) in [6.07, 6.45) is 0. The van der Waals surface area contributed by atoms with Gasteiger partial charge in [0.2, 0.25) is 0 Å². The van der Waals surface area contributed by atoms with Crippen molar-refractivity contribution in [2.45, 2.75) is 61.1 Å². The SMILES string of the molecule is Cc1c(C)c(C)c(CNC(C)C)c(C)c1C. The third kappa shape index (κ3) is 2.46. The third-order valence-electron chi connectivity index (χ3n) is 3.84. The van der Waals surface area contributed by atoms with Crippen molar-refractivity contribution in [1.29, 1.82) is 0 Å². The minimum Gasteiger partial charge on any atom is -0.310 e. The zero-order valence-corrected chi connectivity index (χ0v) is 11.8. The second kappa shape index (κ2) is 5.01. The van der Waals surface area contributed by atoms with E-state index in [1.165, 1.54) is 33.4 Å². The van der Waals surface area contributed by atoms with Gasteiger partial charge in [-0.3, -0.25) is 0 Å². The fraction of sp³-hybridized carbons (Fsp3) is 0.600. The van der Waals surface area contributed by atoms with Crippen molar-refractivity contribution in [3.05, 3.63) is 33.4 Å². The Morgan fingerprint density at radius 1 is 0.750 bits per heavy atom. The largest absolute Gasteiger partial charge is 0.310 e. The Balaban J connectivity index is 3.18. The van der Waals surface area contributed by atoms with Crippen molar-refractivity contribution >= 4 is 0 Å². The standard InChI is InChI=1S/C15H25N/c1-9(2)16-8-15-13(6)11(4)10(3)12(5)14(15)7/h9,16H,8H2,1-7H3. The smallest absolute Gasteiger partial charge is 0.0213 e. The molecule has 1 nitrogen and oxygen atoms in total. The number of hydrogen-bond acceptors (Lipinski definition) is 1. The lowest BCUT2D eigenvalue weighted by Crippen LogP contribution is -2.23. The molecule has 16 heavy (non-hydrogen) atoms. The summed E-state index contributed by atoms with van der Waals surface area (Å²) in [7, 11) is 0. The fourth-order valence-corrected chi connectivity index (χ4v) is 2.15. The van der Waals surface area contributed by atoms with Crippen molar-refractivity contribution < 1.29 is 0 Å². The number of benzene rings is 1. The van der Waals surface area contributed by atoms with Crippen molar-refractivity contribution in [2.24, 2.45) is 0 Å². The maximum Gasteiger partial charge on any atom is 0.0213 e. The summed E-state index contributed by atoms with van der Waals surface area (Å²) in [6.45, 7) is 16.5. The number of rotatable bonds is 3. The molecule has 0 aliphatic heterocycles. The lowest BCUT2D eigenvalue weighted by atomic mass is 9.89. The molecule has 1 aromatic carbocycles. The molecule has 0 aromatic heterocycles. The van der Waals surface area contributed by atoms with Crippen LogP contribution in [-0.4, -0.2) is 6.04 Å². The molecule has 0 radical (unpaired) electrons. The Kier molecular flexibility index (Phi) is 4.15. The summed E-state index contributed by atoms with van der Waals surface area (Å²) in [4.78, 5) is 0. The molecule has 1 N–H and O–H groups in total. The second-order valence-electron chi connectivity index (χ2n) is 5.14. The molecule has 0 saturated heterocycles. The molecular weight excluding hydrogens is 194 g/mol. The van der Waals surface area contributed by atoms with Crippen LogP contribution in [0.5, 0.6) is 0 Å². The van der Waals surface area contributed by atoms with Crippen LogP contribution in [0.25, 0.3) is 0 Å². The van der Waals surface area contributed by atoms with E-state index in [4.69, 9.17) is 0 Å². The van der Waals surface area contributed by atoms with Gasteiger partial charge in [-0.1, -0.05) is 13.8 Å². The van der Waals surface area contributed by atoms with Gasteiger partial charge in [0, 0.05) is 12.6 Å². The Labute approximate surface area is 100 Å². The van der Waals surface area contributed by atoms with E-state index in [9.17, 15) is 0 Å². The normalized spacial score (nSPS) is 11.2. The van der Waals surface area contributed by atoms with Gasteiger partial charge in [-0.05, 0) is 68.0 Å². The van der Waals surface area contributed by atoms with Gasteiger partial charge < -0.3 is 5.32 Å². The molecule has 1 heteroatoms. The van der Waals surface area contributed by atoms with Crippen LogP contribution in [0.2, 0.25) is 0 Å². The fourth-order valence-electron chi connectivity index (χ4n) is 2.15. The predicted octanol–water partition coefficient (Wildman–Crippen LogP) is 3.73. The van der Waals surface area contributed by atoms with Gasteiger partial charge >= 0.3 is 0 Å². The van der Waals surface area contributed by atoms with E-state index in [-0.39, 0.29) is 0 Å². The third-order valence-corrected chi connectivity index (χ3v) is 3.84. The highest BCUT2D eigenvalue weighted by Crippen LogP contribution is 2.25. The molecule has 0 spiro atoms. The lowest BCUT2D eigenvalue weighted by Gasteiger charge is -2.20. The molecule has 0 fully saturated rings. The molecule has 0 heterocycles. The first kappa shape index (κ1) is 13.2. The molecule has 1 aromatic rings. The van der Waals surface area contributed by atoms with Crippen molar-refractivity contribution in [2.75, 3.05) is 0 Å². The first-order valence-electron chi connectivity index (χ1n) is 6.15. The molecule has 0 atom stereocenters. The topological polar surface area (TPSA) is 12.0 Å². The van der Waals surface area contributed by atoms with E-state index in [1.807, 2.05) is 0 Å². The summed E-state index contributed by atoms with van der Waals surface area (Å²) in [5.41, 5.74) is 8.73. The summed E-state index contributed by atoms with van der Waals surface area (Å²) in [5, 5.41) is 3.52. The Bertz CT molecular complexity index is 360. The van der Waals surface area contributed by atoms with Crippen LogP contribution < -0.4 is 5.32 Å². The average molecular weight is 219 g/mol. The quantitative estimate of drug-likeness (QED) is 0.817. The molecular formula is C15H25N. The van der Waals surface area contributed by atoms with Crippen molar-refractivity contribution in [3.63, 3.8) is 0 Å². The van der Waals surface area contributed by atoms with Crippen LogP contribution in [0.15, 0.2) is 0 Å². The van der Waals surface area contributed by atoms with Crippen molar-refractivity contribution in [3.8, 4) is 0 Å². The molecule has 0 amide bonds. The Hall–Kier alpha value is -0.820. The minimum absolute atomic E-state index is 0.542. The Morgan fingerprint density at radius 2 is 1.12 bits per heavy atom. The van der Waals surface area contributed by atoms with Crippen LogP contribution in [0.4, 0.5) is 0 Å². The van der Waals surface area contributed by atoms with Crippen LogP contribution >= 0.6 is 0 Å². The van der Waals surface area contributed by atoms with Gasteiger partial charge in [0.25, 0.3) is 0 Å². The molecule has 0 aliphatic carbocycles. The van der Waals surface area contributed by atoms with E-state index < -0.39 is 0 Å². The molecule has 90 valence electrons. The van der Waals surface area contributed by atoms with Gasteiger partial charge in [0.15, 0.2) is 0 Å². The second-order valence-corrected chi connectivity index (χ2v) is 5.14. The van der Waals surface area contributed by atoms with Crippen LogP contribution in [0.1, 0.15) is 47.2 Å². The maximum absolute atomic E-state index is 3.52. The molecule has 0 aliphatic rings. The van der Waals surface area contributed by atoms with Gasteiger partial charge in [0.1, 0.15) is 0 Å². The highest BCUT2D eigenvalue weighted by atomic mass is 14.9. The van der Waals surface area contributed by atoms with E-state index in [2.05, 4.69) is 53.8 Å². The van der Waals surface area contributed by atoms with Gasteiger partial charge in [0.05, 0.1) is 0 Å². The zero-order valence-electron chi connectivity index (χ0n) is 11.8. The van der Waals surface area contributed by atoms with Gasteiger partial charge in [-0.25, -0.2) is 0 Å². The van der Waals surface area contributed by atoms with Gasteiger partial charge in [-0.15, -0.1) is 0 Å². The van der Waals surface area contributed by atoms with E-state index >= 15 is 0 Å². The maximum atomic E-state index is 3.52. The number of hydrogen-bond donors (Lipinski definition) is 1. The van der Waals surface area contributed by atoms with E-state index in [0.29, 0.717) is 6.04 Å². The monoisotopic (exact) mass is 219 g/mol. The predicted molar refractivity (Wildman–Crippen MR) is 72.1 cm³/mol. The molecule has 1 rings (SSSR count). The summed E-state index contributed by atoms with van der Waals surface area (Å²) in [6, 6.07) is 0.542.